The first-order valence-electron chi connectivity index (χ1n) is 14.7. The Morgan fingerprint density at radius 3 is 2.35 bits per heavy atom. The molecule has 3 aliphatic heterocycles. The highest BCUT2D eigenvalue weighted by Gasteiger charge is 2.77. The predicted molar refractivity (Wildman–Crippen MR) is 170 cm³/mol. The highest BCUT2D eigenvalue weighted by molar-refractivity contribution is 9.09. The molecule has 2 aromatic carbocycles. The monoisotopic (exact) mass is 649 g/mol. The molecule has 43 heavy (non-hydrogen) atoms. The van der Waals surface area contributed by atoms with E-state index in [1.165, 1.54) is 0 Å². The van der Waals surface area contributed by atoms with Crippen LogP contribution in [0.5, 0.6) is 0 Å². The van der Waals surface area contributed by atoms with E-state index in [0.29, 0.717) is 19.4 Å². The average molecular weight is 651 g/mol. The zero-order valence-corrected chi connectivity index (χ0v) is 26.6. The summed E-state index contributed by atoms with van der Waals surface area (Å²) in [5.74, 6) is -2.51. The fourth-order valence-electron chi connectivity index (χ4n) is 7.50. The fourth-order valence-corrected chi connectivity index (χ4v) is 8.44. The maximum absolute atomic E-state index is 15.0. The second-order valence-corrected chi connectivity index (χ2v) is 13.1. The van der Waals surface area contributed by atoms with Crippen LogP contribution in [0.4, 0.5) is 5.69 Å². The first-order chi connectivity index (χ1) is 20.6. The van der Waals surface area contributed by atoms with Gasteiger partial charge in [-0.1, -0.05) is 76.6 Å². The largest absolute Gasteiger partial charge is 0.394 e. The number of hydrogen-bond acceptors (Lipinski definition) is 5. The van der Waals surface area contributed by atoms with Crippen molar-refractivity contribution < 1.29 is 24.2 Å². The van der Waals surface area contributed by atoms with Gasteiger partial charge in [0.05, 0.1) is 30.6 Å². The minimum absolute atomic E-state index is 0.219. The summed E-state index contributed by atoms with van der Waals surface area (Å²) < 4.78 is 6.72. The molecule has 9 heteroatoms. The molecular weight excluding hydrogens is 610 g/mol. The summed E-state index contributed by atoms with van der Waals surface area (Å²) in [4.78, 5) is 48.1. The number of anilines is 1. The number of likely N-dealkylation sites (tertiary alicyclic amines) is 1. The Bertz CT molecular complexity index is 1400. The molecule has 3 aliphatic rings. The number of rotatable bonds is 11. The highest BCUT2D eigenvalue weighted by Crippen LogP contribution is 2.61. The van der Waals surface area contributed by atoms with Crippen molar-refractivity contribution in [1.29, 1.82) is 0 Å². The van der Waals surface area contributed by atoms with Gasteiger partial charge in [-0.05, 0) is 43.4 Å². The van der Waals surface area contributed by atoms with Gasteiger partial charge in [-0.15, -0.1) is 13.2 Å². The Balaban J connectivity index is 1.66. The lowest BCUT2D eigenvalue weighted by Crippen LogP contribution is -2.59. The number of ether oxygens (including phenoxy) is 1. The lowest BCUT2D eigenvalue weighted by Gasteiger charge is -2.40. The minimum Gasteiger partial charge on any atom is -0.394 e. The van der Waals surface area contributed by atoms with Gasteiger partial charge in [0.25, 0.3) is 5.91 Å². The molecule has 0 aromatic heterocycles. The summed E-state index contributed by atoms with van der Waals surface area (Å²) in [6.45, 7) is 11.8. The number of amides is 3. The zero-order chi connectivity index (χ0) is 31.1. The van der Waals surface area contributed by atoms with E-state index >= 15 is 4.79 Å². The summed E-state index contributed by atoms with van der Waals surface area (Å²) in [6, 6.07) is 13.7. The normalized spacial score (nSPS) is 28.0. The van der Waals surface area contributed by atoms with E-state index in [2.05, 4.69) is 29.1 Å². The molecule has 2 aromatic rings. The number of halogens is 1. The van der Waals surface area contributed by atoms with Gasteiger partial charge in [-0.3, -0.25) is 14.4 Å². The number of alkyl halides is 1. The topological polar surface area (TPSA) is 90.4 Å². The molecule has 3 amide bonds. The summed E-state index contributed by atoms with van der Waals surface area (Å²) in [5.41, 5.74) is 2.26. The molecule has 3 fully saturated rings. The van der Waals surface area contributed by atoms with Crippen LogP contribution in [0.3, 0.4) is 0 Å². The van der Waals surface area contributed by atoms with Gasteiger partial charge in [0.2, 0.25) is 11.8 Å². The molecule has 5 rings (SSSR count). The number of fused-ring (bicyclic) bond motifs is 1. The molecule has 2 bridgehead atoms. The summed E-state index contributed by atoms with van der Waals surface area (Å²) in [6.07, 6.45) is 3.47. The number of aryl methyl sites for hydroxylation is 2. The minimum atomic E-state index is -1.25. The van der Waals surface area contributed by atoms with Gasteiger partial charge >= 0.3 is 0 Å². The number of hydrogen-bond donors (Lipinski definition) is 1. The molecule has 1 spiro atoms. The Labute approximate surface area is 262 Å². The van der Waals surface area contributed by atoms with Crippen LogP contribution in [-0.2, 0) is 25.5 Å². The second kappa shape index (κ2) is 12.4. The van der Waals surface area contributed by atoms with Crippen molar-refractivity contribution >= 4 is 39.3 Å². The fraction of sp³-hybridized carbons (Fsp3) is 0.441. The van der Waals surface area contributed by atoms with Gasteiger partial charge in [-0.2, -0.15) is 0 Å². The molecule has 0 radical (unpaired) electrons. The Kier molecular flexibility index (Phi) is 8.97. The lowest BCUT2D eigenvalue weighted by atomic mass is 9.70. The van der Waals surface area contributed by atoms with E-state index in [-0.39, 0.29) is 35.7 Å². The number of carbonyl (C=O) groups is 3. The molecule has 3 heterocycles. The number of likely N-dealkylation sites (N-methyl/N-ethyl adjacent to an activating group) is 1. The van der Waals surface area contributed by atoms with Crippen molar-refractivity contribution in [3.05, 3.63) is 90.5 Å². The molecule has 0 saturated carbocycles. The van der Waals surface area contributed by atoms with Gasteiger partial charge in [-0.25, -0.2) is 0 Å². The first-order valence-corrected chi connectivity index (χ1v) is 15.7. The molecule has 7 atom stereocenters. The number of aliphatic hydroxyl groups excluding tert-OH is 1. The summed E-state index contributed by atoms with van der Waals surface area (Å²) in [7, 11) is 1.68. The zero-order valence-electron chi connectivity index (χ0n) is 25.0. The van der Waals surface area contributed by atoms with Crippen molar-refractivity contribution in [3.8, 4) is 0 Å². The Hall–Kier alpha value is -3.27. The van der Waals surface area contributed by atoms with E-state index in [4.69, 9.17) is 4.74 Å². The van der Waals surface area contributed by atoms with Crippen molar-refractivity contribution in [3.63, 3.8) is 0 Å². The number of carbonyl (C=O) groups excluding carboxylic acids is 3. The van der Waals surface area contributed by atoms with Crippen LogP contribution >= 0.6 is 15.9 Å². The molecule has 3 unspecified atom stereocenters. The third kappa shape index (κ3) is 5.15. The molecule has 0 aliphatic carbocycles. The van der Waals surface area contributed by atoms with Crippen LogP contribution in [0.15, 0.2) is 73.8 Å². The van der Waals surface area contributed by atoms with E-state index in [9.17, 15) is 14.7 Å². The Morgan fingerprint density at radius 1 is 1.09 bits per heavy atom. The Morgan fingerprint density at radius 2 is 1.74 bits per heavy atom. The lowest BCUT2D eigenvalue weighted by molar-refractivity contribution is -0.146. The standard InChI is InChI=1S/C34H40BrN3O5/c1-6-16-36(5)31(40)26-27-32(41)38(24(20-39)18-23-14-9-8-10-15-23)30(34(27)19-25(35)29(26)43-34)33(42)37(17-7-2)28-21(3)12-11-13-22(28)4/h6-15,24-27,29-30,39H,1-2,16-20H2,3-5H3/t24-,25?,26+,27+,29+,30?,34?/m1/s1. The highest BCUT2D eigenvalue weighted by atomic mass is 79.9. The van der Waals surface area contributed by atoms with Crippen LogP contribution < -0.4 is 4.90 Å². The van der Waals surface area contributed by atoms with Crippen LogP contribution in [0, 0.1) is 25.7 Å². The number of para-hydroxylation sites is 1. The molecule has 3 saturated heterocycles. The first kappa shape index (κ1) is 31.2. The van der Waals surface area contributed by atoms with Crippen LogP contribution in [0.2, 0.25) is 0 Å². The molecular formula is C34H40BrN3O5. The van der Waals surface area contributed by atoms with Gasteiger partial charge in [0.1, 0.15) is 11.6 Å². The summed E-state index contributed by atoms with van der Waals surface area (Å²) in [5, 5.41) is 10.8. The number of nitrogens with zero attached hydrogens (tertiary/aromatic N) is 3. The van der Waals surface area contributed by atoms with Crippen LogP contribution in [-0.4, -0.2) is 88.0 Å². The average Bonchev–Trinajstić information content (AvgIpc) is 3.58. The molecule has 1 N–H and O–H groups in total. The second-order valence-electron chi connectivity index (χ2n) is 11.9. The van der Waals surface area contributed by atoms with Gasteiger partial charge < -0.3 is 24.5 Å². The van der Waals surface area contributed by atoms with Crippen LogP contribution in [0.25, 0.3) is 0 Å². The van der Waals surface area contributed by atoms with Crippen LogP contribution in [0.1, 0.15) is 23.1 Å². The third-order valence-corrected chi connectivity index (χ3v) is 10.1. The van der Waals surface area contributed by atoms with E-state index in [1.807, 2.05) is 62.4 Å². The van der Waals surface area contributed by atoms with Crippen molar-refractivity contribution in [2.45, 2.75) is 55.3 Å². The van der Waals surface area contributed by atoms with Crippen molar-refractivity contribution in [2.24, 2.45) is 11.8 Å². The summed E-state index contributed by atoms with van der Waals surface area (Å²) >= 11 is 3.75. The quantitative estimate of drug-likeness (QED) is 0.295. The predicted octanol–water partition coefficient (Wildman–Crippen LogP) is 3.82. The molecule has 8 nitrogen and oxygen atoms in total. The van der Waals surface area contributed by atoms with Crippen molar-refractivity contribution in [2.75, 3.05) is 31.6 Å². The van der Waals surface area contributed by atoms with E-state index < -0.39 is 35.6 Å². The smallest absolute Gasteiger partial charge is 0.253 e. The van der Waals surface area contributed by atoms with Gasteiger partial charge in [0.15, 0.2) is 0 Å². The van der Waals surface area contributed by atoms with Gasteiger partial charge in [0, 0.05) is 30.7 Å². The maximum atomic E-state index is 15.0. The van der Waals surface area contributed by atoms with Crippen molar-refractivity contribution in [1.82, 2.24) is 9.80 Å². The SMILES string of the molecule is C=CCN(C)C(=O)[C@H]1[C@H]2C(=O)N([C@@H](CO)Cc3ccccc3)C(C(=O)N(CC=C)c3c(C)cccc3C)C23CC(Br)[C@@H]1O3. The number of benzene rings is 2. The van der Waals surface area contributed by atoms with E-state index in [1.54, 1.807) is 33.9 Å². The number of aliphatic hydroxyl groups is 1. The van der Waals surface area contributed by atoms with E-state index in [0.717, 1.165) is 22.4 Å². The third-order valence-electron chi connectivity index (χ3n) is 9.23. The maximum Gasteiger partial charge on any atom is 0.253 e. The molecule has 228 valence electrons.